The van der Waals surface area contributed by atoms with Gasteiger partial charge in [0.2, 0.25) is 11.3 Å². The molecule has 1 amide bonds. The molecule has 2 heterocycles. The first kappa shape index (κ1) is 24.6. The molecule has 3 atom stereocenters. The zero-order chi connectivity index (χ0) is 25.1. The number of ketones is 1. The molecular formula is C23H29N5O7. The maximum atomic E-state index is 13.2. The number of anilines is 1. The van der Waals surface area contributed by atoms with Gasteiger partial charge in [0.05, 0.1) is 10.6 Å². The topological polar surface area (TPSA) is 169 Å². The Balaban J connectivity index is 1.59. The first-order valence-corrected chi connectivity index (χ1v) is 12.1. The molecule has 1 saturated heterocycles. The number of hydrogen-bond acceptors (Lipinski definition) is 9. The van der Waals surface area contributed by atoms with Crippen molar-refractivity contribution in [3.8, 4) is 0 Å². The van der Waals surface area contributed by atoms with Crippen LogP contribution in [0.1, 0.15) is 58.3 Å². The van der Waals surface area contributed by atoms with Crippen LogP contribution in [0.2, 0.25) is 0 Å². The van der Waals surface area contributed by atoms with E-state index in [9.17, 15) is 29.6 Å². The van der Waals surface area contributed by atoms with Crippen LogP contribution in [0.4, 0.5) is 11.4 Å². The highest BCUT2D eigenvalue weighted by molar-refractivity contribution is 6.37. The molecule has 2 fully saturated rings. The van der Waals surface area contributed by atoms with Gasteiger partial charge in [0, 0.05) is 30.5 Å². The minimum atomic E-state index is -1.16. The lowest BCUT2D eigenvalue weighted by atomic mass is 9.80. The Morgan fingerprint density at radius 1 is 1.17 bits per heavy atom. The molecule has 1 aromatic heterocycles. The number of nitro groups is 1. The number of non-ortho nitro benzene ring substituents is 1. The fourth-order valence-electron chi connectivity index (χ4n) is 5.50. The summed E-state index contributed by atoms with van der Waals surface area (Å²) < 4.78 is 4.72. The van der Waals surface area contributed by atoms with Crippen molar-refractivity contribution in [2.75, 3.05) is 11.9 Å². The van der Waals surface area contributed by atoms with Crippen molar-refractivity contribution in [2.45, 2.75) is 70.4 Å². The third kappa shape index (κ3) is 4.82. The number of fused-ring (bicyclic) bond motifs is 1. The van der Waals surface area contributed by atoms with E-state index in [2.05, 4.69) is 15.6 Å². The SMILES string of the molecule is CCC(Nc1ccc([N+](=O)[O-])c2nonc12)C1CCCN(C(=O)C(=O)C2CCCCC2)C1C(=O)O. The Morgan fingerprint density at radius 2 is 1.89 bits per heavy atom. The molecule has 0 spiro atoms. The van der Waals surface area contributed by atoms with Crippen molar-refractivity contribution in [1.82, 2.24) is 15.2 Å². The van der Waals surface area contributed by atoms with Crippen LogP contribution in [-0.2, 0) is 14.4 Å². The van der Waals surface area contributed by atoms with E-state index in [4.69, 9.17) is 4.63 Å². The highest BCUT2D eigenvalue weighted by Crippen LogP contribution is 2.34. The van der Waals surface area contributed by atoms with E-state index in [1.807, 2.05) is 6.92 Å². The monoisotopic (exact) mass is 487 g/mol. The van der Waals surface area contributed by atoms with E-state index in [1.165, 1.54) is 17.0 Å². The molecule has 12 heteroatoms. The number of carboxylic acid groups (broad SMARTS) is 1. The first-order valence-electron chi connectivity index (χ1n) is 12.1. The highest BCUT2D eigenvalue weighted by atomic mass is 16.6. The van der Waals surface area contributed by atoms with E-state index < -0.39 is 40.6 Å². The largest absolute Gasteiger partial charge is 0.480 e. The van der Waals surface area contributed by atoms with Gasteiger partial charge in [-0.15, -0.1) is 0 Å². The van der Waals surface area contributed by atoms with Gasteiger partial charge in [0.1, 0.15) is 6.04 Å². The Bertz CT molecular complexity index is 1130. The summed E-state index contributed by atoms with van der Waals surface area (Å²) in [5.74, 6) is -3.17. The maximum Gasteiger partial charge on any atom is 0.326 e. The van der Waals surface area contributed by atoms with Crippen LogP contribution in [0.15, 0.2) is 16.8 Å². The molecule has 3 unspecified atom stereocenters. The smallest absolute Gasteiger partial charge is 0.326 e. The van der Waals surface area contributed by atoms with Gasteiger partial charge in [0.25, 0.3) is 5.91 Å². The number of likely N-dealkylation sites (tertiary alicyclic amines) is 1. The van der Waals surface area contributed by atoms with Crippen molar-refractivity contribution >= 4 is 40.1 Å². The zero-order valence-electron chi connectivity index (χ0n) is 19.5. The van der Waals surface area contributed by atoms with Crippen LogP contribution in [0.5, 0.6) is 0 Å². The average molecular weight is 488 g/mol. The molecule has 1 aliphatic carbocycles. The number of carbonyl (C=O) groups excluding carboxylic acids is 2. The van der Waals surface area contributed by atoms with E-state index >= 15 is 0 Å². The van der Waals surface area contributed by atoms with Gasteiger partial charge in [-0.25, -0.2) is 9.42 Å². The van der Waals surface area contributed by atoms with Crippen molar-refractivity contribution in [3.63, 3.8) is 0 Å². The lowest BCUT2D eigenvalue weighted by Gasteiger charge is -2.42. The molecule has 188 valence electrons. The van der Waals surface area contributed by atoms with E-state index in [-0.39, 0.29) is 29.2 Å². The van der Waals surface area contributed by atoms with E-state index in [0.717, 1.165) is 19.3 Å². The Kier molecular flexibility index (Phi) is 7.27. The molecule has 4 rings (SSSR count). The predicted octanol–water partition coefficient (Wildman–Crippen LogP) is 3.16. The second-order valence-electron chi connectivity index (χ2n) is 9.30. The molecule has 1 saturated carbocycles. The van der Waals surface area contributed by atoms with E-state index in [1.54, 1.807) is 0 Å². The first-order chi connectivity index (χ1) is 16.8. The van der Waals surface area contributed by atoms with Crippen LogP contribution in [0.3, 0.4) is 0 Å². The summed E-state index contributed by atoms with van der Waals surface area (Å²) in [4.78, 5) is 50.4. The van der Waals surface area contributed by atoms with Gasteiger partial charge < -0.3 is 15.3 Å². The molecule has 35 heavy (non-hydrogen) atoms. The van der Waals surface area contributed by atoms with Crippen LogP contribution in [-0.4, -0.2) is 61.5 Å². The number of benzene rings is 1. The van der Waals surface area contributed by atoms with Crippen molar-refractivity contribution in [2.24, 2.45) is 11.8 Å². The number of nitrogens with one attached hydrogen (secondary N) is 1. The third-order valence-electron chi connectivity index (χ3n) is 7.27. The van der Waals surface area contributed by atoms with Crippen LogP contribution in [0, 0.1) is 22.0 Å². The average Bonchev–Trinajstić information content (AvgIpc) is 3.36. The lowest BCUT2D eigenvalue weighted by molar-refractivity contribution is -0.383. The highest BCUT2D eigenvalue weighted by Gasteiger charge is 2.45. The van der Waals surface area contributed by atoms with Gasteiger partial charge in [-0.3, -0.25) is 19.7 Å². The van der Waals surface area contributed by atoms with Crippen molar-refractivity contribution in [3.05, 3.63) is 22.2 Å². The number of aliphatic carboxylic acids is 1. The standard InChI is InChI=1S/C23H29N5O7/c1-2-15(24-16-10-11-17(28(33)34)19-18(16)25-35-26-19)14-9-6-12-27(20(14)23(31)32)22(30)21(29)13-7-4-3-5-8-13/h10-11,13-15,20,24H,2-9,12H2,1H3,(H,31,32). The molecule has 2 aromatic rings. The summed E-state index contributed by atoms with van der Waals surface area (Å²) in [5, 5.41) is 32.1. The van der Waals surface area contributed by atoms with Crippen molar-refractivity contribution < 1.29 is 29.0 Å². The lowest BCUT2D eigenvalue weighted by Crippen LogP contribution is -2.58. The summed E-state index contributed by atoms with van der Waals surface area (Å²) in [6.07, 6.45) is 5.79. The normalized spacial score (nSPS) is 22.0. The molecule has 1 aliphatic heterocycles. The quantitative estimate of drug-likeness (QED) is 0.320. The number of Topliss-reactive ketones (excluding diaryl/α,β-unsaturated/α-hetero) is 1. The number of nitro benzene ring substituents is 1. The second-order valence-corrected chi connectivity index (χ2v) is 9.30. The number of piperidine rings is 1. The molecule has 2 aliphatic rings. The molecule has 2 N–H and O–H groups in total. The number of amides is 1. The minimum Gasteiger partial charge on any atom is -0.480 e. The Hall–Kier alpha value is -3.57. The predicted molar refractivity (Wildman–Crippen MR) is 124 cm³/mol. The fourth-order valence-corrected chi connectivity index (χ4v) is 5.50. The van der Waals surface area contributed by atoms with Gasteiger partial charge in [0.15, 0.2) is 5.52 Å². The summed E-state index contributed by atoms with van der Waals surface area (Å²) in [6, 6.07) is 1.21. The molecule has 0 bridgehead atoms. The minimum absolute atomic E-state index is 0.0110. The number of rotatable bonds is 8. The summed E-state index contributed by atoms with van der Waals surface area (Å²) in [5.41, 5.74) is 0.326. The molecular weight excluding hydrogens is 458 g/mol. The Labute approximate surface area is 201 Å². The number of carbonyl (C=O) groups is 3. The summed E-state index contributed by atoms with van der Waals surface area (Å²) >= 11 is 0. The van der Waals surface area contributed by atoms with Crippen LogP contribution >= 0.6 is 0 Å². The van der Waals surface area contributed by atoms with Gasteiger partial charge in [-0.2, -0.15) is 0 Å². The number of aromatic nitrogens is 2. The van der Waals surface area contributed by atoms with Gasteiger partial charge >= 0.3 is 11.7 Å². The summed E-state index contributed by atoms with van der Waals surface area (Å²) in [6.45, 7) is 2.10. The van der Waals surface area contributed by atoms with Gasteiger partial charge in [-0.1, -0.05) is 26.2 Å². The number of carboxylic acids is 1. The number of nitrogens with zero attached hydrogens (tertiary/aromatic N) is 4. The molecule has 0 radical (unpaired) electrons. The van der Waals surface area contributed by atoms with Gasteiger partial charge in [-0.05, 0) is 48.5 Å². The number of hydrogen-bond donors (Lipinski definition) is 2. The second kappa shape index (κ2) is 10.4. The van der Waals surface area contributed by atoms with Crippen molar-refractivity contribution in [1.29, 1.82) is 0 Å². The Morgan fingerprint density at radius 3 is 2.54 bits per heavy atom. The van der Waals surface area contributed by atoms with E-state index in [0.29, 0.717) is 37.8 Å². The summed E-state index contributed by atoms with van der Waals surface area (Å²) in [7, 11) is 0. The molecule has 1 aromatic carbocycles. The fraction of sp³-hybridized carbons (Fsp3) is 0.609. The zero-order valence-corrected chi connectivity index (χ0v) is 19.5. The third-order valence-corrected chi connectivity index (χ3v) is 7.27. The van der Waals surface area contributed by atoms with Crippen LogP contribution in [0.25, 0.3) is 11.0 Å². The van der Waals surface area contributed by atoms with Crippen LogP contribution < -0.4 is 5.32 Å². The molecule has 12 nitrogen and oxygen atoms in total. The maximum absolute atomic E-state index is 13.2.